The second-order valence-electron chi connectivity index (χ2n) is 7.00. The molecule has 2 aromatic rings. The molecule has 26 heavy (non-hydrogen) atoms. The van der Waals surface area contributed by atoms with Crippen molar-refractivity contribution >= 4 is 11.6 Å². The van der Waals surface area contributed by atoms with Gasteiger partial charge >= 0.3 is 0 Å². The molecule has 0 bridgehead atoms. The van der Waals surface area contributed by atoms with Gasteiger partial charge in [0.05, 0.1) is 6.54 Å². The predicted octanol–water partition coefficient (Wildman–Crippen LogP) is 0.699. The van der Waals surface area contributed by atoms with Crippen LogP contribution in [0.25, 0.3) is 0 Å². The molecule has 138 valence electrons. The number of nitrogens with one attached hydrogen (secondary N) is 3. The van der Waals surface area contributed by atoms with E-state index in [-0.39, 0.29) is 17.8 Å². The Morgan fingerprint density at radius 1 is 1.04 bits per heavy atom. The van der Waals surface area contributed by atoms with Crippen LogP contribution in [0.3, 0.4) is 0 Å². The fourth-order valence-electron chi connectivity index (χ4n) is 3.78. The molecular weight excluding hydrogens is 329 g/mol. The van der Waals surface area contributed by atoms with Gasteiger partial charge in [0.1, 0.15) is 32.0 Å². The fourth-order valence-corrected chi connectivity index (χ4v) is 3.78. The first-order valence-electron chi connectivity index (χ1n) is 9.47. The van der Waals surface area contributed by atoms with Gasteiger partial charge in [-0.25, -0.2) is 4.39 Å². The van der Waals surface area contributed by atoms with Crippen molar-refractivity contribution in [1.82, 2.24) is 0 Å². The van der Waals surface area contributed by atoms with Crippen molar-refractivity contribution in [3.63, 3.8) is 0 Å². The highest BCUT2D eigenvalue weighted by Gasteiger charge is 2.35. The lowest BCUT2D eigenvalue weighted by Crippen LogP contribution is -3.28. The van der Waals surface area contributed by atoms with Gasteiger partial charge in [-0.1, -0.05) is 37.3 Å². The summed E-state index contributed by atoms with van der Waals surface area (Å²) in [5.41, 5.74) is 1.66. The van der Waals surface area contributed by atoms with Gasteiger partial charge in [-0.2, -0.15) is 0 Å². The maximum Gasteiger partial charge on any atom is 0.287 e. The van der Waals surface area contributed by atoms with Crippen LogP contribution < -0.4 is 15.1 Å². The third-order valence-electron chi connectivity index (χ3n) is 5.12. The standard InChI is InChI=1S/C21H26FN3O/c1-2-12-24-13-15-25(16-14-24)20(17-6-4-3-5-7-17)21(26)23-19-10-8-18(22)9-11-19/h3-11,20H,2,12-16H2,1H3,(H,23,26)/p+2/t20-/m1/s1. The van der Waals surface area contributed by atoms with E-state index >= 15 is 0 Å². The molecule has 1 saturated heterocycles. The normalized spacial score (nSPS) is 21.2. The number of piperazine rings is 1. The Balaban J connectivity index is 1.75. The highest BCUT2D eigenvalue weighted by Crippen LogP contribution is 2.14. The van der Waals surface area contributed by atoms with Crippen LogP contribution in [0.5, 0.6) is 0 Å². The number of carbonyl (C=O) groups excluding carboxylic acids is 1. The summed E-state index contributed by atoms with van der Waals surface area (Å²) in [5.74, 6) is -0.333. The number of hydrogen-bond acceptors (Lipinski definition) is 1. The topological polar surface area (TPSA) is 38.0 Å². The minimum absolute atomic E-state index is 0.0308. The Hall–Kier alpha value is -2.24. The summed E-state index contributed by atoms with van der Waals surface area (Å²) in [6, 6.07) is 15.7. The third-order valence-corrected chi connectivity index (χ3v) is 5.12. The summed E-state index contributed by atoms with van der Waals surface area (Å²) >= 11 is 0. The molecular formula is C21H28FN3O+2. The lowest BCUT2D eigenvalue weighted by Gasteiger charge is -2.34. The van der Waals surface area contributed by atoms with E-state index in [0.717, 1.165) is 31.7 Å². The van der Waals surface area contributed by atoms with Crippen LogP contribution in [0, 0.1) is 5.82 Å². The molecule has 0 saturated carbocycles. The smallest absolute Gasteiger partial charge is 0.287 e. The summed E-state index contributed by atoms with van der Waals surface area (Å²) < 4.78 is 13.1. The van der Waals surface area contributed by atoms with Gasteiger partial charge in [0.2, 0.25) is 0 Å². The first-order chi connectivity index (χ1) is 12.7. The zero-order chi connectivity index (χ0) is 18.4. The summed E-state index contributed by atoms with van der Waals surface area (Å²) in [5, 5.41) is 2.97. The molecule has 0 unspecified atom stereocenters. The van der Waals surface area contributed by atoms with Gasteiger partial charge < -0.3 is 15.1 Å². The Morgan fingerprint density at radius 2 is 1.69 bits per heavy atom. The van der Waals surface area contributed by atoms with Gasteiger partial charge in [-0.15, -0.1) is 0 Å². The molecule has 1 fully saturated rings. The Bertz CT molecular complexity index is 697. The van der Waals surface area contributed by atoms with Gasteiger partial charge in [-0.3, -0.25) is 4.79 Å². The maximum atomic E-state index is 13.1. The van der Waals surface area contributed by atoms with Crippen molar-refractivity contribution in [2.45, 2.75) is 19.4 Å². The Morgan fingerprint density at radius 3 is 2.31 bits per heavy atom. The van der Waals surface area contributed by atoms with Crippen LogP contribution in [0.1, 0.15) is 24.9 Å². The maximum absolute atomic E-state index is 13.1. The molecule has 0 aromatic heterocycles. The number of amides is 1. The molecule has 3 N–H and O–H groups in total. The van der Waals surface area contributed by atoms with Crippen LogP contribution in [-0.2, 0) is 4.79 Å². The summed E-state index contributed by atoms with van der Waals surface area (Å²) in [7, 11) is 0. The van der Waals surface area contributed by atoms with E-state index in [1.807, 2.05) is 30.3 Å². The largest absolute Gasteiger partial charge is 0.326 e. The SMILES string of the molecule is CCC[NH+]1CC[NH+]([C@@H](C(=O)Nc2ccc(F)cc2)c2ccccc2)CC1. The number of carbonyl (C=O) groups is 1. The van der Waals surface area contributed by atoms with Gasteiger partial charge in [0, 0.05) is 11.3 Å². The van der Waals surface area contributed by atoms with Crippen LogP contribution in [-0.4, -0.2) is 38.6 Å². The average Bonchev–Trinajstić information content (AvgIpc) is 2.66. The minimum atomic E-state index is -0.303. The Kier molecular flexibility index (Phi) is 6.36. The van der Waals surface area contributed by atoms with Crippen LogP contribution in [0.15, 0.2) is 54.6 Å². The quantitative estimate of drug-likeness (QED) is 0.700. The highest BCUT2D eigenvalue weighted by atomic mass is 19.1. The average molecular weight is 357 g/mol. The van der Waals surface area contributed by atoms with E-state index < -0.39 is 0 Å². The minimum Gasteiger partial charge on any atom is -0.326 e. The molecule has 5 heteroatoms. The van der Waals surface area contributed by atoms with Crippen molar-refractivity contribution in [3.05, 3.63) is 66.0 Å². The van der Waals surface area contributed by atoms with Gasteiger partial charge in [-0.05, 0) is 30.7 Å². The monoisotopic (exact) mass is 357 g/mol. The second-order valence-corrected chi connectivity index (χ2v) is 7.00. The van der Waals surface area contributed by atoms with E-state index in [1.165, 1.54) is 30.0 Å². The van der Waals surface area contributed by atoms with E-state index in [2.05, 4.69) is 12.2 Å². The molecule has 1 amide bonds. The molecule has 1 aliphatic rings. The highest BCUT2D eigenvalue weighted by molar-refractivity contribution is 5.94. The van der Waals surface area contributed by atoms with Gasteiger partial charge in [0.25, 0.3) is 5.91 Å². The molecule has 2 aromatic carbocycles. The zero-order valence-corrected chi connectivity index (χ0v) is 15.3. The van der Waals surface area contributed by atoms with E-state index in [0.29, 0.717) is 5.69 Å². The number of halogens is 1. The summed E-state index contributed by atoms with van der Waals surface area (Å²) in [6.07, 6.45) is 1.19. The molecule has 0 aliphatic carbocycles. The number of rotatable bonds is 6. The van der Waals surface area contributed by atoms with E-state index in [1.54, 1.807) is 17.0 Å². The number of benzene rings is 2. The first-order valence-corrected chi connectivity index (χ1v) is 9.47. The van der Waals surface area contributed by atoms with Gasteiger partial charge in [0.15, 0.2) is 6.04 Å². The zero-order valence-electron chi connectivity index (χ0n) is 15.3. The second kappa shape index (κ2) is 8.92. The molecule has 0 spiro atoms. The summed E-state index contributed by atoms with van der Waals surface area (Å²) in [4.78, 5) is 16.0. The molecule has 4 nitrogen and oxygen atoms in total. The lowest BCUT2D eigenvalue weighted by molar-refractivity contribution is -1.02. The molecule has 1 atom stereocenters. The first kappa shape index (κ1) is 18.5. The van der Waals surface area contributed by atoms with Crippen molar-refractivity contribution < 1.29 is 19.0 Å². The number of hydrogen-bond donors (Lipinski definition) is 3. The molecule has 1 aliphatic heterocycles. The van der Waals surface area contributed by atoms with E-state index in [4.69, 9.17) is 0 Å². The molecule has 3 rings (SSSR count). The molecule has 1 heterocycles. The van der Waals surface area contributed by atoms with Crippen LogP contribution >= 0.6 is 0 Å². The predicted molar refractivity (Wildman–Crippen MR) is 101 cm³/mol. The van der Waals surface area contributed by atoms with Crippen molar-refractivity contribution in [2.24, 2.45) is 0 Å². The van der Waals surface area contributed by atoms with E-state index in [9.17, 15) is 9.18 Å². The number of quaternary nitrogens is 2. The number of anilines is 1. The third kappa shape index (κ3) is 4.68. The van der Waals surface area contributed by atoms with Crippen molar-refractivity contribution in [3.8, 4) is 0 Å². The molecule has 0 radical (unpaired) electrons. The van der Waals surface area contributed by atoms with Crippen LogP contribution in [0.4, 0.5) is 10.1 Å². The lowest BCUT2D eigenvalue weighted by atomic mass is 10.0. The Labute approximate surface area is 154 Å². The fraction of sp³-hybridized carbons (Fsp3) is 0.381. The van der Waals surface area contributed by atoms with Crippen molar-refractivity contribution in [2.75, 3.05) is 38.0 Å². The summed E-state index contributed by atoms with van der Waals surface area (Å²) in [6.45, 7) is 7.56. The van der Waals surface area contributed by atoms with Crippen molar-refractivity contribution in [1.29, 1.82) is 0 Å². The van der Waals surface area contributed by atoms with Crippen LogP contribution in [0.2, 0.25) is 0 Å².